The maximum Gasteiger partial charge on any atom is 0.322 e. The molecule has 3 N–H and O–H groups in total. The van der Waals surface area contributed by atoms with Crippen LogP contribution in [0.2, 0.25) is 0 Å². The SMILES string of the molecule is O=C(O)CNc1cccc(C(NCc2ccc(-n3cccn3)cc2)S(=O)(=O)c2cccnc2)n1. The van der Waals surface area contributed by atoms with E-state index in [0.29, 0.717) is 0 Å². The third kappa shape index (κ3) is 5.45. The number of aromatic nitrogens is 4. The van der Waals surface area contributed by atoms with Gasteiger partial charge in [-0.2, -0.15) is 5.10 Å². The molecule has 174 valence electrons. The molecule has 34 heavy (non-hydrogen) atoms. The van der Waals surface area contributed by atoms with Gasteiger partial charge in [0, 0.05) is 31.3 Å². The summed E-state index contributed by atoms with van der Waals surface area (Å²) in [6, 6.07) is 17.2. The first kappa shape index (κ1) is 23.1. The van der Waals surface area contributed by atoms with Gasteiger partial charge in [0.15, 0.2) is 5.37 Å². The van der Waals surface area contributed by atoms with E-state index in [2.05, 4.69) is 25.7 Å². The number of carbonyl (C=O) groups is 1. The molecule has 4 rings (SSSR count). The van der Waals surface area contributed by atoms with Crippen LogP contribution in [-0.4, -0.2) is 45.8 Å². The van der Waals surface area contributed by atoms with Crippen molar-refractivity contribution in [1.29, 1.82) is 0 Å². The molecule has 4 aromatic rings. The van der Waals surface area contributed by atoms with Gasteiger partial charge in [-0.15, -0.1) is 0 Å². The molecular formula is C23H22N6O4S. The number of anilines is 1. The lowest BCUT2D eigenvalue weighted by atomic mass is 10.2. The van der Waals surface area contributed by atoms with Crippen molar-refractivity contribution in [2.75, 3.05) is 11.9 Å². The van der Waals surface area contributed by atoms with E-state index in [1.165, 1.54) is 18.5 Å². The van der Waals surface area contributed by atoms with Gasteiger partial charge in [0.2, 0.25) is 9.84 Å². The van der Waals surface area contributed by atoms with Crippen molar-refractivity contribution in [2.45, 2.75) is 16.8 Å². The molecule has 1 unspecified atom stereocenters. The standard InChI is InChI=1S/C23H22N6O4S/c30-22(31)16-25-21-6-1-5-20(28-21)23(34(32,33)19-4-2-11-24-15-19)26-14-17-7-9-18(10-8-17)29-13-3-12-27-29/h1-13,15,23,26H,14,16H2,(H,25,28)(H,30,31). The Balaban J connectivity index is 1.61. The molecular weight excluding hydrogens is 456 g/mol. The van der Waals surface area contributed by atoms with Crippen LogP contribution >= 0.6 is 0 Å². The van der Waals surface area contributed by atoms with Crippen molar-refractivity contribution < 1.29 is 18.3 Å². The highest BCUT2D eigenvalue weighted by atomic mass is 32.2. The summed E-state index contributed by atoms with van der Waals surface area (Å²) >= 11 is 0. The average molecular weight is 479 g/mol. The lowest BCUT2D eigenvalue weighted by Gasteiger charge is -2.20. The summed E-state index contributed by atoms with van der Waals surface area (Å²) in [6.45, 7) is -0.0927. The molecule has 0 radical (unpaired) electrons. The van der Waals surface area contributed by atoms with E-state index in [1.807, 2.05) is 36.5 Å². The molecule has 0 spiro atoms. The molecule has 0 aliphatic heterocycles. The smallest absolute Gasteiger partial charge is 0.322 e. The van der Waals surface area contributed by atoms with Crippen LogP contribution in [0.4, 0.5) is 5.82 Å². The molecule has 1 aromatic carbocycles. The Labute approximate surface area is 196 Å². The largest absolute Gasteiger partial charge is 0.480 e. The second kappa shape index (κ2) is 10.2. The van der Waals surface area contributed by atoms with E-state index in [4.69, 9.17) is 5.11 Å². The number of pyridine rings is 2. The Kier molecular flexibility index (Phi) is 6.95. The van der Waals surface area contributed by atoms with E-state index in [-0.39, 0.29) is 29.5 Å². The second-order valence-electron chi connectivity index (χ2n) is 7.31. The molecule has 11 heteroatoms. The maximum absolute atomic E-state index is 13.5. The first-order chi connectivity index (χ1) is 16.4. The van der Waals surface area contributed by atoms with Crippen molar-refractivity contribution in [3.63, 3.8) is 0 Å². The highest BCUT2D eigenvalue weighted by molar-refractivity contribution is 7.91. The molecule has 3 heterocycles. The molecule has 0 bridgehead atoms. The normalized spacial score (nSPS) is 12.2. The lowest BCUT2D eigenvalue weighted by molar-refractivity contribution is -0.134. The van der Waals surface area contributed by atoms with Crippen LogP contribution in [0.5, 0.6) is 0 Å². The van der Waals surface area contributed by atoms with E-state index in [1.54, 1.807) is 35.1 Å². The Morgan fingerprint density at radius 1 is 1.03 bits per heavy atom. The number of hydrogen-bond donors (Lipinski definition) is 3. The van der Waals surface area contributed by atoms with Gasteiger partial charge in [0.25, 0.3) is 0 Å². The highest BCUT2D eigenvalue weighted by Crippen LogP contribution is 2.26. The van der Waals surface area contributed by atoms with Gasteiger partial charge in [-0.25, -0.2) is 18.1 Å². The van der Waals surface area contributed by atoms with Crippen LogP contribution in [0.25, 0.3) is 5.69 Å². The van der Waals surface area contributed by atoms with Crippen molar-refractivity contribution in [3.05, 3.63) is 96.7 Å². The van der Waals surface area contributed by atoms with Crippen LogP contribution in [0, 0.1) is 0 Å². The zero-order valence-electron chi connectivity index (χ0n) is 17.9. The van der Waals surface area contributed by atoms with Gasteiger partial charge < -0.3 is 10.4 Å². The van der Waals surface area contributed by atoms with Crippen LogP contribution < -0.4 is 10.6 Å². The molecule has 0 fully saturated rings. The van der Waals surface area contributed by atoms with Gasteiger partial charge in [-0.05, 0) is 48.0 Å². The Bertz CT molecular complexity index is 1340. The van der Waals surface area contributed by atoms with Crippen LogP contribution in [0.3, 0.4) is 0 Å². The fourth-order valence-corrected chi connectivity index (χ4v) is 4.79. The molecule has 0 aliphatic rings. The minimum Gasteiger partial charge on any atom is -0.480 e. The number of rotatable bonds is 10. The number of benzene rings is 1. The minimum atomic E-state index is -3.91. The summed E-state index contributed by atoms with van der Waals surface area (Å²) in [5, 5.41) is 17.7. The quantitative estimate of drug-likeness (QED) is 0.313. The Morgan fingerprint density at radius 3 is 2.53 bits per heavy atom. The summed E-state index contributed by atoms with van der Waals surface area (Å²) in [7, 11) is -3.91. The average Bonchev–Trinajstić information content (AvgIpc) is 3.39. The third-order valence-electron chi connectivity index (χ3n) is 4.93. The maximum atomic E-state index is 13.5. The van der Waals surface area contributed by atoms with E-state index >= 15 is 0 Å². The molecule has 0 saturated heterocycles. The number of nitrogens with one attached hydrogen (secondary N) is 2. The Hall–Kier alpha value is -4.09. The molecule has 0 saturated carbocycles. The van der Waals surface area contributed by atoms with Crippen molar-refractivity contribution in [2.24, 2.45) is 0 Å². The molecule has 1 atom stereocenters. The van der Waals surface area contributed by atoms with Crippen LogP contribution in [0.15, 0.2) is 90.3 Å². The number of aliphatic carboxylic acids is 1. The van der Waals surface area contributed by atoms with Crippen LogP contribution in [0.1, 0.15) is 16.6 Å². The predicted molar refractivity (Wildman–Crippen MR) is 125 cm³/mol. The van der Waals surface area contributed by atoms with Gasteiger partial charge in [0.05, 0.1) is 16.3 Å². The zero-order chi connectivity index (χ0) is 24.0. The summed E-state index contributed by atoms with van der Waals surface area (Å²) in [4.78, 5) is 19.2. The zero-order valence-corrected chi connectivity index (χ0v) is 18.8. The van der Waals surface area contributed by atoms with E-state index < -0.39 is 21.2 Å². The number of sulfone groups is 1. The minimum absolute atomic E-state index is 0.0484. The predicted octanol–water partition coefficient (Wildman–Crippen LogP) is 2.42. The van der Waals surface area contributed by atoms with Gasteiger partial charge >= 0.3 is 5.97 Å². The number of carboxylic acids is 1. The van der Waals surface area contributed by atoms with E-state index in [0.717, 1.165) is 11.3 Å². The monoisotopic (exact) mass is 478 g/mol. The van der Waals surface area contributed by atoms with Gasteiger partial charge in [-0.1, -0.05) is 18.2 Å². The van der Waals surface area contributed by atoms with Crippen LogP contribution in [-0.2, 0) is 21.2 Å². The molecule has 3 aromatic heterocycles. The van der Waals surface area contributed by atoms with Crippen molar-refractivity contribution in [1.82, 2.24) is 25.1 Å². The van der Waals surface area contributed by atoms with Gasteiger partial charge in [0.1, 0.15) is 12.4 Å². The summed E-state index contributed by atoms with van der Waals surface area (Å²) in [6.07, 6.45) is 6.31. The fraction of sp³-hybridized carbons (Fsp3) is 0.130. The highest BCUT2D eigenvalue weighted by Gasteiger charge is 2.30. The van der Waals surface area contributed by atoms with Crippen molar-refractivity contribution in [3.8, 4) is 5.69 Å². The second-order valence-corrected chi connectivity index (χ2v) is 9.34. The first-order valence-corrected chi connectivity index (χ1v) is 11.9. The van der Waals surface area contributed by atoms with Gasteiger partial charge in [-0.3, -0.25) is 15.1 Å². The fourth-order valence-electron chi connectivity index (χ4n) is 3.29. The molecule has 0 aliphatic carbocycles. The summed E-state index contributed by atoms with van der Waals surface area (Å²) in [5.74, 6) is -0.792. The number of nitrogens with zero attached hydrogens (tertiary/aromatic N) is 4. The van der Waals surface area contributed by atoms with E-state index in [9.17, 15) is 13.2 Å². The Morgan fingerprint density at radius 2 is 1.85 bits per heavy atom. The number of carboxylic acid groups (broad SMARTS) is 1. The summed E-state index contributed by atoms with van der Waals surface area (Å²) in [5.41, 5.74) is 1.97. The van der Waals surface area contributed by atoms with Crippen molar-refractivity contribution >= 4 is 21.6 Å². The first-order valence-electron chi connectivity index (χ1n) is 10.3. The lowest BCUT2D eigenvalue weighted by Crippen LogP contribution is -2.30. The molecule has 0 amide bonds. The third-order valence-corrected chi connectivity index (χ3v) is 6.86. The molecule has 10 nitrogen and oxygen atoms in total. The summed E-state index contributed by atoms with van der Waals surface area (Å²) < 4.78 is 28.7. The topological polar surface area (TPSA) is 139 Å². The number of hydrogen-bond acceptors (Lipinski definition) is 8.